The fourth-order valence-corrected chi connectivity index (χ4v) is 3.38. The van der Waals surface area contributed by atoms with Crippen molar-refractivity contribution < 1.29 is 9.59 Å². The molecule has 1 aromatic rings. The van der Waals surface area contributed by atoms with Gasteiger partial charge in [0.2, 0.25) is 5.91 Å². The molecule has 2 aliphatic heterocycles. The molecule has 0 spiro atoms. The van der Waals surface area contributed by atoms with Crippen LogP contribution >= 0.6 is 0 Å². The number of likely N-dealkylation sites (tertiary alicyclic amines) is 1. The summed E-state index contributed by atoms with van der Waals surface area (Å²) in [7, 11) is 0. The lowest BCUT2D eigenvalue weighted by Crippen LogP contribution is -2.47. The lowest BCUT2D eigenvalue weighted by Gasteiger charge is -2.35. The highest BCUT2D eigenvalue weighted by molar-refractivity contribution is 5.97. The van der Waals surface area contributed by atoms with Crippen molar-refractivity contribution in [2.24, 2.45) is 5.73 Å². The maximum Gasteiger partial charge on any atom is 0.254 e. The van der Waals surface area contributed by atoms with Crippen molar-refractivity contribution >= 4 is 17.5 Å². The largest absolute Gasteiger partial charge is 0.334 e. The first kappa shape index (κ1) is 15.0. The SMILES string of the molecule is NCC1CCCCN1C(=O)c1ccc(N2CCCC2=O)cc1. The van der Waals surface area contributed by atoms with Crippen molar-refractivity contribution in [3.8, 4) is 0 Å². The number of anilines is 1. The molecule has 2 heterocycles. The maximum absolute atomic E-state index is 12.7. The number of nitrogens with zero attached hydrogens (tertiary/aromatic N) is 2. The molecule has 5 nitrogen and oxygen atoms in total. The Hall–Kier alpha value is -1.88. The van der Waals surface area contributed by atoms with Crippen LogP contribution in [0.3, 0.4) is 0 Å². The lowest BCUT2D eigenvalue weighted by molar-refractivity contribution is -0.117. The van der Waals surface area contributed by atoms with E-state index in [4.69, 9.17) is 5.73 Å². The summed E-state index contributed by atoms with van der Waals surface area (Å²) in [5, 5.41) is 0. The molecule has 1 unspecified atom stereocenters. The first-order valence-electron chi connectivity index (χ1n) is 8.12. The van der Waals surface area contributed by atoms with Crippen LogP contribution in [0, 0.1) is 0 Å². The Labute approximate surface area is 131 Å². The minimum absolute atomic E-state index is 0.0504. The zero-order valence-electron chi connectivity index (χ0n) is 12.8. The summed E-state index contributed by atoms with van der Waals surface area (Å²) >= 11 is 0. The van der Waals surface area contributed by atoms with Gasteiger partial charge in [-0.2, -0.15) is 0 Å². The summed E-state index contributed by atoms with van der Waals surface area (Å²) in [5.41, 5.74) is 7.35. The number of piperidine rings is 1. The Bertz CT molecular complexity index is 556. The molecule has 2 amide bonds. The van der Waals surface area contributed by atoms with Gasteiger partial charge in [0.25, 0.3) is 5.91 Å². The highest BCUT2D eigenvalue weighted by atomic mass is 16.2. The van der Waals surface area contributed by atoms with Gasteiger partial charge in [-0.25, -0.2) is 0 Å². The molecule has 2 saturated heterocycles. The van der Waals surface area contributed by atoms with Gasteiger partial charge >= 0.3 is 0 Å². The predicted molar refractivity (Wildman–Crippen MR) is 85.8 cm³/mol. The van der Waals surface area contributed by atoms with E-state index in [1.54, 1.807) is 4.90 Å². The topological polar surface area (TPSA) is 66.6 Å². The maximum atomic E-state index is 12.7. The van der Waals surface area contributed by atoms with E-state index in [1.807, 2.05) is 29.2 Å². The van der Waals surface area contributed by atoms with Crippen molar-refractivity contribution in [2.45, 2.75) is 38.1 Å². The van der Waals surface area contributed by atoms with E-state index in [2.05, 4.69) is 0 Å². The number of nitrogens with two attached hydrogens (primary N) is 1. The third-order valence-electron chi connectivity index (χ3n) is 4.66. The van der Waals surface area contributed by atoms with Crippen LogP contribution in [0.4, 0.5) is 5.69 Å². The van der Waals surface area contributed by atoms with Crippen LogP contribution in [0.5, 0.6) is 0 Å². The fourth-order valence-electron chi connectivity index (χ4n) is 3.38. The van der Waals surface area contributed by atoms with Gasteiger partial charge in [-0.3, -0.25) is 9.59 Å². The molecule has 0 aromatic heterocycles. The van der Waals surface area contributed by atoms with E-state index >= 15 is 0 Å². The zero-order valence-corrected chi connectivity index (χ0v) is 12.8. The van der Waals surface area contributed by atoms with Crippen LogP contribution in [-0.4, -0.2) is 42.4 Å². The monoisotopic (exact) mass is 301 g/mol. The molecular formula is C17H23N3O2. The molecular weight excluding hydrogens is 278 g/mol. The standard InChI is InChI=1S/C17H23N3O2/c18-12-15-4-1-2-10-20(15)17(22)13-6-8-14(9-7-13)19-11-3-5-16(19)21/h6-9,15H,1-5,10-12,18H2. The molecule has 0 bridgehead atoms. The quantitative estimate of drug-likeness (QED) is 0.925. The Morgan fingerprint density at radius 2 is 1.91 bits per heavy atom. The van der Waals surface area contributed by atoms with Crippen LogP contribution in [-0.2, 0) is 4.79 Å². The number of carbonyl (C=O) groups excluding carboxylic acids is 2. The summed E-state index contributed by atoms with van der Waals surface area (Å²) in [5.74, 6) is 0.216. The number of carbonyl (C=O) groups is 2. The summed E-state index contributed by atoms with van der Waals surface area (Å²) in [6.45, 7) is 2.08. The smallest absolute Gasteiger partial charge is 0.254 e. The highest BCUT2D eigenvalue weighted by Gasteiger charge is 2.27. The first-order valence-corrected chi connectivity index (χ1v) is 8.12. The van der Waals surface area contributed by atoms with Crippen LogP contribution in [0.25, 0.3) is 0 Å². The summed E-state index contributed by atoms with van der Waals surface area (Å²) in [6, 6.07) is 7.55. The average Bonchev–Trinajstić information content (AvgIpc) is 3.00. The van der Waals surface area contributed by atoms with Crippen molar-refractivity contribution in [3.05, 3.63) is 29.8 Å². The van der Waals surface area contributed by atoms with E-state index in [0.29, 0.717) is 18.5 Å². The molecule has 118 valence electrons. The lowest BCUT2D eigenvalue weighted by atomic mass is 10.0. The molecule has 0 radical (unpaired) electrons. The van der Waals surface area contributed by atoms with Crippen molar-refractivity contribution in [1.82, 2.24) is 4.90 Å². The number of hydrogen-bond acceptors (Lipinski definition) is 3. The molecule has 3 rings (SSSR count). The summed E-state index contributed by atoms with van der Waals surface area (Å²) in [4.78, 5) is 28.1. The van der Waals surface area contributed by atoms with Gasteiger partial charge < -0.3 is 15.5 Å². The molecule has 0 saturated carbocycles. The highest BCUT2D eigenvalue weighted by Crippen LogP contribution is 2.23. The van der Waals surface area contributed by atoms with Crippen LogP contribution in [0.2, 0.25) is 0 Å². The van der Waals surface area contributed by atoms with E-state index in [0.717, 1.165) is 44.5 Å². The van der Waals surface area contributed by atoms with Gasteiger partial charge in [0.05, 0.1) is 0 Å². The summed E-state index contributed by atoms with van der Waals surface area (Å²) < 4.78 is 0. The fraction of sp³-hybridized carbons (Fsp3) is 0.529. The number of amides is 2. The Morgan fingerprint density at radius 1 is 1.14 bits per heavy atom. The van der Waals surface area contributed by atoms with Gasteiger partial charge in [-0.15, -0.1) is 0 Å². The summed E-state index contributed by atoms with van der Waals surface area (Å²) in [6.07, 6.45) is 4.70. The number of hydrogen-bond donors (Lipinski definition) is 1. The molecule has 2 N–H and O–H groups in total. The minimum Gasteiger partial charge on any atom is -0.334 e. The van der Waals surface area contributed by atoms with E-state index in [1.165, 1.54) is 0 Å². The second-order valence-corrected chi connectivity index (χ2v) is 6.08. The second kappa shape index (κ2) is 6.48. The zero-order chi connectivity index (χ0) is 15.5. The molecule has 0 aliphatic carbocycles. The molecule has 5 heteroatoms. The molecule has 22 heavy (non-hydrogen) atoms. The van der Waals surface area contributed by atoms with Crippen molar-refractivity contribution in [2.75, 3.05) is 24.5 Å². The van der Waals surface area contributed by atoms with Gasteiger partial charge in [0.1, 0.15) is 0 Å². The molecule has 2 aliphatic rings. The predicted octanol–water partition coefficient (Wildman–Crippen LogP) is 1.77. The average molecular weight is 301 g/mol. The first-order chi connectivity index (χ1) is 10.7. The van der Waals surface area contributed by atoms with E-state index in [-0.39, 0.29) is 17.9 Å². The molecule has 1 aromatic carbocycles. The van der Waals surface area contributed by atoms with Gasteiger partial charge in [-0.05, 0) is 49.9 Å². The van der Waals surface area contributed by atoms with E-state index in [9.17, 15) is 9.59 Å². The second-order valence-electron chi connectivity index (χ2n) is 6.08. The number of rotatable bonds is 3. The van der Waals surface area contributed by atoms with E-state index < -0.39 is 0 Å². The molecule has 1 atom stereocenters. The van der Waals surface area contributed by atoms with Crippen LogP contribution in [0.1, 0.15) is 42.5 Å². The van der Waals surface area contributed by atoms with Gasteiger partial charge in [0, 0.05) is 43.3 Å². The third kappa shape index (κ3) is 2.86. The third-order valence-corrected chi connectivity index (χ3v) is 4.66. The van der Waals surface area contributed by atoms with Crippen LogP contribution < -0.4 is 10.6 Å². The van der Waals surface area contributed by atoms with Crippen LogP contribution in [0.15, 0.2) is 24.3 Å². The Balaban J connectivity index is 1.74. The Kier molecular flexibility index (Phi) is 4.43. The van der Waals surface area contributed by atoms with Gasteiger partial charge in [-0.1, -0.05) is 0 Å². The van der Waals surface area contributed by atoms with Crippen molar-refractivity contribution in [3.63, 3.8) is 0 Å². The van der Waals surface area contributed by atoms with Crippen molar-refractivity contribution in [1.29, 1.82) is 0 Å². The molecule has 2 fully saturated rings. The number of benzene rings is 1. The minimum atomic E-state index is 0.0504. The Morgan fingerprint density at radius 3 is 2.55 bits per heavy atom. The van der Waals surface area contributed by atoms with Gasteiger partial charge in [0.15, 0.2) is 0 Å². The normalized spacial score (nSPS) is 22.2.